The molecule has 0 unspecified atom stereocenters. The molecule has 1 aliphatic carbocycles. The third-order valence-electron chi connectivity index (χ3n) is 3.59. The number of hydrazine groups is 1. The first kappa shape index (κ1) is 18.2. The number of ether oxygens (including phenoxy) is 1. The highest BCUT2D eigenvalue weighted by molar-refractivity contribution is 7.80. The van der Waals surface area contributed by atoms with Crippen LogP contribution >= 0.6 is 12.2 Å². The predicted octanol–water partition coefficient (Wildman–Crippen LogP) is 1.79. The van der Waals surface area contributed by atoms with Crippen molar-refractivity contribution in [3.8, 4) is 5.75 Å². The van der Waals surface area contributed by atoms with Crippen molar-refractivity contribution in [3.05, 3.63) is 29.8 Å². The average Bonchev–Trinajstić information content (AvgIpc) is 3.35. The lowest BCUT2D eigenvalue weighted by Gasteiger charge is -2.19. The van der Waals surface area contributed by atoms with E-state index in [2.05, 4.69) is 36.9 Å². The van der Waals surface area contributed by atoms with Crippen LogP contribution in [-0.2, 0) is 15.0 Å². The molecule has 0 atom stereocenters. The average molecular weight is 349 g/mol. The van der Waals surface area contributed by atoms with Gasteiger partial charge in [0.1, 0.15) is 5.75 Å². The molecule has 7 heteroatoms. The molecule has 1 fully saturated rings. The van der Waals surface area contributed by atoms with Crippen molar-refractivity contribution >= 4 is 29.1 Å². The molecular weight excluding hydrogens is 326 g/mol. The van der Waals surface area contributed by atoms with E-state index in [4.69, 9.17) is 17.0 Å². The van der Waals surface area contributed by atoms with Crippen LogP contribution in [0.25, 0.3) is 0 Å². The third-order valence-corrected chi connectivity index (χ3v) is 3.79. The number of nitrogens with one attached hydrogen (secondary N) is 3. The van der Waals surface area contributed by atoms with Crippen LogP contribution < -0.4 is 20.9 Å². The summed E-state index contributed by atoms with van der Waals surface area (Å²) in [6.45, 7) is 6.23. The van der Waals surface area contributed by atoms with Gasteiger partial charge in [-0.2, -0.15) is 0 Å². The Balaban J connectivity index is 1.70. The summed E-state index contributed by atoms with van der Waals surface area (Å²) < 4.78 is 5.42. The number of thiocarbonyl (C=S) groups is 1. The molecule has 0 aliphatic heterocycles. The number of rotatable bonds is 4. The lowest BCUT2D eigenvalue weighted by atomic mass is 9.87. The van der Waals surface area contributed by atoms with Gasteiger partial charge in [-0.05, 0) is 48.2 Å². The topological polar surface area (TPSA) is 79.5 Å². The fourth-order valence-electron chi connectivity index (χ4n) is 1.96. The van der Waals surface area contributed by atoms with E-state index in [1.165, 1.54) is 5.56 Å². The quantitative estimate of drug-likeness (QED) is 0.571. The van der Waals surface area contributed by atoms with Crippen molar-refractivity contribution < 1.29 is 14.3 Å². The molecule has 6 nitrogen and oxygen atoms in total. The monoisotopic (exact) mass is 349 g/mol. The maximum absolute atomic E-state index is 11.8. The van der Waals surface area contributed by atoms with Crippen molar-refractivity contribution in [3.63, 3.8) is 0 Å². The number of hydrogen-bond donors (Lipinski definition) is 3. The molecule has 1 aliphatic rings. The highest BCUT2D eigenvalue weighted by atomic mass is 32.1. The Morgan fingerprint density at radius 3 is 2.33 bits per heavy atom. The molecule has 2 rings (SSSR count). The highest BCUT2D eigenvalue weighted by Crippen LogP contribution is 2.28. The summed E-state index contributed by atoms with van der Waals surface area (Å²) in [6.07, 6.45) is 1.79. The Morgan fingerprint density at radius 2 is 1.79 bits per heavy atom. The molecule has 3 N–H and O–H groups in total. The van der Waals surface area contributed by atoms with E-state index in [0.29, 0.717) is 5.75 Å². The minimum atomic E-state index is -0.395. The molecule has 0 heterocycles. The summed E-state index contributed by atoms with van der Waals surface area (Å²) in [6, 6.07) is 7.63. The summed E-state index contributed by atoms with van der Waals surface area (Å²) in [4.78, 5) is 23.2. The molecule has 24 heavy (non-hydrogen) atoms. The lowest BCUT2D eigenvalue weighted by Crippen LogP contribution is -2.49. The maximum Gasteiger partial charge on any atom is 0.264 e. The zero-order chi connectivity index (χ0) is 17.7. The normalized spacial score (nSPS) is 13.8. The molecule has 0 bridgehead atoms. The second-order valence-electron chi connectivity index (χ2n) is 6.83. The van der Waals surface area contributed by atoms with Crippen LogP contribution in [0.5, 0.6) is 5.75 Å². The van der Waals surface area contributed by atoms with Gasteiger partial charge in [0, 0.05) is 5.92 Å². The van der Waals surface area contributed by atoms with Crippen molar-refractivity contribution in [1.82, 2.24) is 16.2 Å². The van der Waals surface area contributed by atoms with Crippen molar-refractivity contribution in [2.75, 3.05) is 6.61 Å². The van der Waals surface area contributed by atoms with Crippen LogP contribution in [0.2, 0.25) is 0 Å². The summed E-state index contributed by atoms with van der Waals surface area (Å²) in [5.41, 5.74) is 6.22. The van der Waals surface area contributed by atoms with E-state index in [9.17, 15) is 9.59 Å². The molecular formula is C17H23N3O3S. The zero-order valence-corrected chi connectivity index (χ0v) is 15.0. The molecule has 0 radical (unpaired) electrons. The Morgan fingerprint density at radius 1 is 1.17 bits per heavy atom. The third kappa shape index (κ3) is 5.81. The number of benzene rings is 1. The Hall–Kier alpha value is -2.15. The minimum absolute atomic E-state index is 0.0423. The van der Waals surface area contributed by atoms with Crippen LogP contribution in [0.1, 0.15) is 39.2 Å². The first-order valence-electron chi connectivity index (χ1n) is 7.89. The van der Waals surface area contributed by atoms with Crippen LogP contribution in [0.3, 0.4) is 0 Å². The molecule has 2 amide bonds. The molecule has 1 saturated carbocycles. The van der Waals surface area contributed by atoms with Gasteiger partial charge in [-0.25, -0.2) is 0 Å². The van der Waals surface area contributed by atoms with Crippen molar-refractivity contribution in [2.45, 2.75) is 39.0 Å². The van der Waals surface area contributed by atoms with Crippen LogP contribution in [0.4, 0.5) is 0 Å². The predicted molar refractivity (Wildman–Crippen MR) is 95.4 cm³/mol. The van der Waals surface area contributed by atoms with Gasteiger partial charge in [0.25, 0.3) is 5.91 Å². The van der Waals surface area contributed by atoms with Gasteiger partial charge in [0.15, 0.2) is 11.7 Å². The molecule has 0 spiro atoms. The largest absolute Gasteiger partial charge is 0.484 e. The zero-order valence-electron chi connectivity index (χ0n) is 14.1. The van der Waals surface area contributed by atoms with Crippen molar-refractivity contribution in [1.29, 1.82) is 0 Å². The summed E-state index contributed by atoms with van der Waals surface area (Å²) in [5, 5.41) is 2.48. The lowest BCUT2D eigenvalue weighted by molar-refractivity contribution is -0.123. The van der Waals surface area contributed by atoms with E-state index in [1.54, 1.807) is 0 Å². The number of amides is 2. The molecule has 0 saturated heterocycles. The van der Waals surface area contributed by atoms with Gasteiger partial charge in [-0.15, -0.1) is 0 Å². The second-order valence-corrected chi connectivity index (χ2v) is 7.24. The molecule has 0 aromatic heterocycles. The summed E-state index contributed by atoms with van der Waals surface area (Å²) in [7, 11) is 0. The van der Waals surface area contributed by atoms with Gasteiger partial charge >= 0.3 is 0 Å². The second kappa shape index (κ2) is 7.61. The Kier molecular flexibility index (Phi) is 5.77. The first-order valence-corrected chi connectivity index (χ1v) is 8.29. The Bertz CT molecular complexity index is 619. The standard InChI is InChI=1S/C17H23N3O3S/c1-17(2,3)12-6-8-13(9-7-12)23-10-14(21)18-16(24)20-19-15(22)11-4-5-11/h6-9,11H,4-5,10H2,1-3H3,(H,19,22)(H2,18,20,21,24). The van der Waals surface area contributed by atoms with Gasteiger partial charge in [-0.1, -0.05) is 32.9 Å². The van der Waals surface area contributed by atoms with Gasteiger partial charge < -0.3 is 4.74 Å². The van der Waals surface area contributed by atoms with Gasteiger partial charge in [-0.3, -0.25) is 25.8 Å². The maximum atomic E-state index is 11.8. The first-order chi connectivity index (χ1) is 11.3. The smallest absolute Gasteiger partial charge is 0.264 e. The van der Waals surface area contributed by atoms with E-state index in [0.717, 1.165) is 12.8 Å². The van der Waals surface area contributed by atoms with Crippen LogP contribution in [0.15, 0.2) is 24.3 Å². The molecule has 130 valence electrons. The summed E-state index contributed by atoms with van der Waals surface area (Å²) in [5.74, 6) is 0.171. The fraction of sp³-hybridized carbons (Fsp3) is 0.471. The fourth-order valence-corrected chi connectivity index (χ4v) is 2.12. The van der Waals surface area contributed by atoms with E-state index in [-0.39, 0.29) is 29.0 Å². The van der Waals surface area contributed by atoms with E-state index < -0.39 is 5.91 Å². The molecule has 1 aromatic carbocycles. The van der Waals surface area contributed by atoms with Crippen molar-refractivity contribution in [2.24, 2.45) is 5.92 Å². The number of carbonyl (C=O) groups is 2. The highest BCUT2D eigenvalue weighted by Gasteiger charge is 2.29. The van der Waals surface area contributed by atoms with Gasteiger partial charge in [0.05, 0.1) is 0 Å². The van der Waals surface area contributed by atoms with E-state index >= 15 is 0 Å². The summed E-state index contributed by atoms with van der Waals surface area (Å²) >= 11 is 4.93. The van der Waals surface area contributed by atoms with Gasteiger partial charge in [0.2, 0.25) is 5.91 Å². The number of carbonyl (C=O) groups excluding carboxylic acids is 2. The molecule has 1 aromatic rings. The number of hydrogen-bond acceptors (Lipinski definition) is 4. The van der Waals surface area contributed by atoms with Crippen LogP contribution in [0, 0.1) is 5.92 Å². The minimum Gasteiger partial charge on any atom is -0.484 e. The van der Waals surface area contributed by atoms with E-state index in [1.807, 2.05) is 24.3 Å². The SMILES string of the molecule is CC(C)(C)c1ccc(OCC(=O)NC(=S)NNC(=O)C2CC2)cc1. The Labute approximate surface area is 147 Å². The van der Waals surface area contributed by atoms with Crippen LogP contribution in [-0.4, -0.2) is 23.5 Å².